The Balaban J connectivity index is 1.20. The number of hydrogen-bond acceptors (Lipinski definition) is 11. The number of esters is 1. The van der Waals surface area contributed by atoms with E-state index in [1.54, 1.807) is 0 Å². The van der Waals surface area contributed by atoms with Gasteiger partial charge >= 0.3 is 11.9 Å². The number of aliphatic hydroxyl groups is 2. The molecule has 4 N–H and O–H groups in total. The molecule has 0 aromatic heterocycles. The van der Waals surface area contributed by atoms with Crippen LogP contribution in [0, 0.1) is 23.7 Å². The Hall–Kier alpha value is -1.19. The summed E-state index contributed by atoms with van der Waals surface area (Å²) in [4.78, 5) is 40.0. The molecule has 0 heterocycles. The average molecular weight is 607 g/mol. The minimum atomic E-state index is -1.59. The minimum absolute atomic E-state index is 0.0144. The molecule has 4 fully saturated rings. The van der Waals surface area contributed by atoms with Crippen molar-refractivity contribution in [3.63, 3.8) is 0 Å². The van der Waals surface area contributed by atoms with Gasteiger partial charge in [-0.1, -0.05) is 0 Å². The fraction of sp³-hybridized carbons (Fsp3) is 0.929. The van der Waals surface area contributed by atoms with E-state index in [4.69, 9.17) is 24.0 Å². The van der Waals surface area contributed by atoms with Gasteiger partial charge in [0.15, 0.2) is 11.1 Å². The van der Waals surface area contributed by atoms with Gasteiger partial charge in [-0.15, -0.1) is 0 Å². The van der Waals surface area contributed by atoms with Crippen molar-refractivity contribution < 1.29 is 58.0 Å². The van der Waals surface area contributed by atoms with E-state index in [0.717, 1.165) is 32.1 Å². The van der Waals surface area contributed by atoms with Gasteiger partial charge in [0.1, 0.15) is 6.10 Å². The van der Waals surface area contributed by atoms with Crippen molar-refractivity contribution >= 4 is 23.0 Å². The van der Waals surface area contributed by atoms with Gasteiger partial charge in [-0.05, 0) is 88.9 Å². The third-order valence-electron chi connectivity index (χ3n) is 9.27. The van der Waals surface area contributed by atoms with Crippen molar-refractivity contribution in [3.05, 3.63) is 0 Å². The van der Waals surface area contributed by atoms with E-state index in [1.807, 2.05) is 0 Å². The van der Waals surface area contributed by atoms with Crippen molar-refractivity contribution in [1.29, 1.82) is 0 Å². The van der Waals surface area contributed by atoms with Crippen LogP contribution in [0.3, 0.4) is 0 Å². The highest BCUT2D eigenvalue weighted by Crippen LogP contribution is 2.35. The van der Waals surface area contributed by atoms with Crippen LogP contribution >= 0.6 is 0 Å². The van der Waals surface area contributed by atoms with Gasteiger partial charge in [0, 0.05) is 12.8 Å². The average Bonchev–Trinajstić information content (AvgIpc) is 2.94. The first-order chi connectivity index (χ1) is 19.7. The van der Waals surface area contributed by atoms with Crippen LogP contribution in [0.2, 0.25) is 0 Å². The van der Waals surface area contributed by atoms with Crippen molar-refractivity contribution in [1.82, 2.24) is 0 Å². The summed E-state index contributed by atoms with van der Waals surface area (Å²) in [6.45, 7) is 0.480. The molecule has 0 bridgehead atoms. The van der Waals surface area contributed by atoms with Crippen LogP contribution in [0.5, 0.6) is 0 Å². The van der Waals surface area contributed by atoms with Crippen LogP contribution < -0.4 is 0 Å². The Bertz CT molecular complexity index is 873. The number of ether oxygens (including phenoxy) is 1. The van der Waals surface area contributed by atoms with E-state index in [1.165, 1.54) is 0 Å². The molecular formula is C28H46O12S. The van der Waals surface area contributed by atoms with Gasteiger partial charge in [-0.3, -0.25) is 19.0 Å². The zero-order chi connectivity index (χ0) is 29.4. The molecule has 0 aromatic rings. The normalized spacial score (nSPS) is 39.1. The van der Waals surface area contributed by atoms with Crippen molar-refractivity contribution in [2.75, 3.05) is 13.2 Å². The van der Waals surface area contributed by atoms with Crippen molar-refractivity contribution in [2.45, 2.75) is 126 Å². The first-order valence-corrected chi connectivity index (χ1v) is 16.3. The number of carbonyl (C=O) groups excluding carboxylic acids is 1. The highest BCUT2D eigenvalue weighted by Gasteiger charge is 2.41. The first-order valence-electron chi connectivity index (χ1n) is 15.1. The zero-order valence-electron chi connectivity index (χ0n) is 23.6. The Morgan fingerprint density at radius 2 is 1.44 bits per heavy atom. The van der Waals surface area contributed by atoms with Gasteiger partial charge < -0.3 is 20.1 Å². The zero-order valence-corrected chi connectivity index (χ0v) is 24.4. The van der Waals surface area contributed by atoms with Gasteiger partial charge in [0.05, 0.1) is 54.7 Å². The molecule has 0 amide bonds. The number of aliphatic carboxylic acids is 1. The Labute approximate surface area is 243 Å². The van der Waals surface area contributed by atoms with Gasteiger partial charge in [0.25, 0.3) is 0 Å². The fourth-order valence-electron chi connectivity index (χ4n) is 6.87. The highest BCUT2D eigenvalue weighted by molar-refractivity contribution is 7.80. The second kappa shape index (κ2) is 16.0. The predicted molar refractivity (Wildman–Crippen MR) is 144 cm³/mol. The number of carbonyl (C=O) groups is 2. The molecule has 4 aliphatic carbocycles. The van der Waals surface area contributed by atoms with E-state index in [2.05, 4.69) is 4.89 Å². The lowest BCUT2D eigenvalue weighted by Gasteiger charge is -2.34. The summed E-state index contributed by atoms with van der Waals surface area (Å²) >= 11 is -1.59. The van der Waals surface area contributed by atoms with Crippen molar-refractivity contribution in [2.24, 2.45) is 23.7 Å². The molecule has 4 aliphatic rings. The quantitative estimate of drug-likeness (QED) is 0.145. The molecule has 4 rings (SSSR count). The summed E-state index contributed by atoms with van der Waals surface area (Å²) in [7, 11) is 0. The third kappa shape index (κ3) is 9.65. The van der Waals surface area contributed by atoms with Crippen LogP contribution in [-0.4, -0.2) is 85.7 Å². The van der Waals surface area contributed by atoms with Gasteiger partial charge in [0.2, 0.25) is 0 Å². The number of aliphatic hydroxyl groups excluding tert-OH is 2. The molecule has 41 heavy (non-hydrogen) atoms. The summed E-state index contributed by atoms with van der Waals surface area (Å²) in [6.07, 6.45) is 5.92. The Kier molecular flexibility index (Phi) is 12.8. The summed E-state index contributed by atoms with van der Waals surface area (Å²) in [5, 5.41) is 38.0. The molecule has 0 radical (unpaired) electrons. The van der Waals surface area contributed by atoms with Crippen LogP contribution in [0.1, 0.15) is 89.9 Å². The maximum Gasteiger partial charge on any atom is 0.310 e. The molecule has 12 nitrogen and oxygen atoms in total. The molecule has 11 atom stereocenters. The Morgan fingerprint density at radius 3 is 2.22 bits per heavy atom. The van der Waals surface area contributed by atoms with E-state index < -0.39 is 53.2 Å². The number of rotatable bonds is 12. The minimum Gasteiger partial charge on any atom is -0.481 e. The molecule has 4 saturated carbocycles. The topological polar surface area (TPSA) is 178 Å². The van der Waals surface area contributed by atoms with E-state index in [-0.39, 0.29) is 55.3 Å². The molecule has 236 valence electrons. The number of carboxylic acids is 1. The molecule has 11 unspecified atom stereocenters. The fourth-order valence-corrected chi connectivity index (χ4v) is 8.20. The van der Waals surface area contributed by atoms with Crippen LogP contribution in [-0.2, 0) is 44.3 Å². The number of carboxylic acid groups (broad SMARTS) is 1. The molecule has 0 aliphatic heterocycles. The second-order valence-electron chi connectivity index (χ2n) is 12.3. The SMILES string of the molecule is O=C(O)C1CCC(O)CC1C(=O)OC1CCCC(S(=O)OC2CCCC(OOCC3CC(O)CCC3COO)C2)C1. The van der Waals surface area contributed by atoms with Crippen LogP contribution in [0.4, 0.5) is 0 Å². The summed E-state index contributed by atoms with van der Waals surface area (Å²) in [6, 6.07) is 0. The van der Waals surface area contributed by atoms with E-state index >= 15 is 0 Å². The smallest absolute Gasteiger partial charge is 0.310 e. The van der Waals surface area contributed by atoms with E-state index in [0.29, 0.717) is 44.9 Å². The standard InChI is InChI=1S/C28H46O12S/c29-19-8-7-17(15-36-34)18(11-19)16-37-39-22-4-1-5-23(13-22)40-41(35)24-6-2-3-21(14-24)38-28(33)26-12-20(30)9-10-25(26)27(31)32/h17-26,29-30,34H,1-16H2,(H,31,32). The van der Waals surface area contributed by atoms with E-state index in [9.17, 15) is 29.1 Å². The summed E-state index contributed by atoms with van der Waals surface area (Å²) < 4.78 is 24.8. The monoisotopic (exact) mass is 606 g/mol. The predicted octanol–water partition coefficient (Wildman–Crippen LogP) is 2.91. The molecular weight excluding hydrogens is 560 g/mol. The first kappa shape index (κ1) is 32.7. The maximum atomic E-state index is 13.1. The van der Waals surface area contributed by atoms with Gasteiger partial charge in [-0.2, -0.15) is 0 Å². The largest absolute Gasteiger partial charge is 0.481 e. The lowest BCUT2D eigenvalue weighted by molar-refractivity contribution is -0.342. The molecule has 13 heteroatoms. The lowest BCUT2D eigenvalue weighted by Crippen LogP contribution is -2.41. The second-order valence-corrected chi connectivity index (χ2v) is 13.7. The van der Waals surface area contributed by atoms with Gasteiger partial charge in [-0.25, -0.2) is 18.9 Å². The lowest BCUT2D eigenvalue weighted by atomic mass is 9.78. The summed E-state index contributed by atoms with van der Waals surface area (Å²) in [5.74, 6) is -3.29. The molecule has 0 saturated heterocycles. The van der Waals surface area contributed by atoms with Crippen LogP contribution in [0.15, 0.2) is 0 Å². The molecule has 0 spiro atoms. The third-order valence-corrected chi connectivity index (χ3v) is 10.7. The number of hydrogen-bond donors (Lipinski definition) is 4. The van der Waals surface area contributed by atoms with Crippen molar-refractivity contribution in [3.8, 4) is 0 Å². The maximum absolute atomic E-state index is 13.1. The summed E-state index contributed by atoms with van der Waals surface area (Å²) in [5.41, 5.74) is 0. The van der Waals surface area contributed by atoms with Crippen LogP contribution in [0.25, 0.3) is 0 Å². The molecule has 0 aromatic carbocycles. The Morgan fingerprint density at radius 1 is 0.732 bits per heavy atom. The highest BCUT2D eigenvalue weighted by atomic mass is 32.2.